The molecule has 2 nitrogen and oxygen atoms in total. The van der Waals surface area contributed by atoms with Crippen LogP contribution in [0.3, 0.4) is 0 Å². The fourth-order valence-corrected chi connectivity index (χ4v) is 2.72. The van der Waals surface area contributed by atoms with Crippen LogP contribution in [0.5, 0.6) is 0 Å². The molecule has 20 heavy (non-hydrogen) atoms. The highest BCUT2D eigenvalue weighted by Crippen LogP contribution is 2.27. The molecule has 0 unspecified atom stereocenters. The molecule has 0 saturated carbocycles. The first kappa shape index (κ1) is 13.2. The molecule has 3 aromatic rings. The predicted molar refractivity (Wildman–Crippen MR) is 82.8 cm³/mol. The molecular weight excluding hydrogens is 293 g/mol. The van der Waals surface area contributed by atoms with Crippen LogP contribution in [-0.2, 0) is 7.05 Å². The zero-order valence-corrected chi connectivity index (χ0v) is 12.2. The SMILES string of the molecule is Cn1cc(C(=O)c2ccccc2Cl)c2ccc(Cl)cc21. The van der Waals surface area contributed by atoms with Gasteiger partial charge in [0.2, 0.25) is 0 Å². The molecule has 0 fully saturated rings. The summed E-state index contributed by atoms with van der Waals surface area (Å²) >= 11 is 12.1. The van der Waals surface area contributed by atoms with E-state index >= 15 is 0 Å². The molecule has 0 radical (unpaired) electrons. The molecule has 0 amide bonds. The molecule has 4 heteroatoms. The number of benzene rings is 2. The Morgan fingerprint density at radius 3 is 2.55 bits per heavy atom. The summed E-state index contributed by atoms with van der Waals surface area (Å²) in [5, 5.41) is 1.99. The highest BCUT2D eigenvalue weighted by Gasteiger charge is 2.17. The molecule has 1 heterocycles. The van der Waals surface area contributed by atoms with Gasteiger partial charge in [-0.2, -0.15) is 0 Å². The number of aromatic nitrogens is 1. The fraction of sp³-hybridized carbons (Fsp3) is 0.0625. The summed E-state index contributed by atoms with van der Waals surface area (Å²) in [6.07, 6.45) is 1.81. The first-order valence-corrected chi connectivity index (χ1v) is 6.87. The molecule has 0 bridgehead atoms. The summed E-state index contributed by atoms with van der Waals surface area (Å²) in [5.41, 5.74) is 2.07. The van der Waals surface area contributed by atoms with E-state index in [0.29, 0.717) is 21.2 Å². The normalized spacial score (nSPS) is 10.9. The number of aryl methyl sites for hydroxylation is 1. The van der Waals surface area contributed by atoms with Crippen LogP contribution in [0.2, 0.25) is 10.0 Å². The van der Waals surface area contributed by atoms with E-state index in [9.17, 15) is 4.79 Å². The van der Waals surface area contributed by atoms with Crippen LogP contribution in [0.4, 0.5) is 0 Å². The second kappa shape index (κ2) is 4.97. The summed E-state index contributed by atoms with van der Waals surface area (Å²) in [6, 6.07) is 12.6. The van der Waals surface area contributed by atoms with Gasteiger partial charge in [-0.05, 0) is 24.3 Å². The average Bonchev–Trinajstić information content (AvgIpc) is 2.76. The minimum Gasteiger partial charge on any atom is -0.350 e. The van der Waals surface area contributed by atoms with Crippen molar-refractivity contribution in [3.8, 4) is 0 Å². The summed E-state index contributed by atoms with van der Waals surface area (Å²) in [4.78, 5) is 12.6. The summed E-state index contributed by atoms with van der Waals surface area (Å²) < 4.78 is 1.89. The van der Waals surface area contributed by atoms with Gasteiger partial charge in [-0.25, -0.2) is 0 Å². The van der Waals surface area contributed by atoms with Crippen molar-refractivity contribution in [3.05, 3.63) is 69.8 Å². The third-order valence-corrected chi connectivity index (χ3v) is 3.88. The molecule has 0 atom stereocenters. The lowest BCUT2D eigenvalue weighted by molar-refractivity contribution is 0.104. The van der Waals surface area contributed by atoms with Gasteiger partial charge >= 0.3 is 0 Å². The quantitative estimate of drug-likeness (QED) is 0.628. The van der Waals surface area contributed by atoms with Crippen LogP contribution in [0, 0.1) is 0 Å². The van der Waals surface area contributed by atoms with Crippen LogP contribution in [0.1, 0.15) is 15.9 Å². The maximum absolute atomic E-state index is 12.6. The molecule has 0 aliphatic carbocycles. The van der Waals surface area contributed by atoms with Gasteiger partial charge < -0.3 is 4.57 Å². The van der Waals surface area contributed by atoms with Gasteiger partial charge in [0.1, 0.15) is 0 Å². The molecule has 100 valence electrons. The molecule has 0 saturated heterocycles. The Hall–Kier alpha value is -1.77. The number of carbonyl (C=O) groups excluding carboxylic acids is 1. The van der Waals surface area contributed by atoms with E-state index < -0.39 is 0 Å². The van der Waals surface area contributed by atoms with Crippen LogP contribution < -0.4 is 0 Å². The van der Waals surface area contributed by atoms with E-state index in [1.165, 1.54) is 0 Å². The number of ketones is 1. The molecule has 0 spiro atoms. The summed E-state index contributed by atoms with van der Waals surface area (Å²) in [5.74, 6) is -0.0801. The number of hydrogen-bond acceptors (Lipinski definition) is 1. The second-order valence-corrected chi connectivity index (χ2v) is 5.47. The lowest BCUT2D eigenvalue weighted by Crippen LogP contribution is -2.01. The van der Waals surface area contributed by atoms with Gasteiger partial charge in [0.25, 0.3) is 0 Å². The van der Waals surface area contributed by atoms with Gasteiger partial charge in [-0.15, -0.1) is 0 Å². The Kier molecular flexibility index (Phi) is 3.28. The monoisotopic (exact) mass is 303 g/mol. The predicted octanol–water partition coefficient (Wildman–Crippen LogP) is 4.72. The molecule has 0 N–H and O–H groups in total. The largest absolute Gasteiger partial charge is 0.350 e. The average molecular weight is 304 g/mol. The fourth-order valence-electron chi connectivity index (χ4n) is 2.33. The minimum atomic E-state index is -0.0801. The number of carbonyl (C=O) groups is 1. The Bertz CT molecular complexity index is 820. The van der Waals surface area contributed by atoms with Crippen molar-refractivity contribution >= 4 is 39.9 Å². The van der Waals surface area contributed by atoms with Gasteiger partial charge in [-0.1, -0.05) is 41.4 Å². The number of fused-ring (bicyclic) bond motifs is 1. The zero-order chi connectivity index (χ0) is 14.3. The van der Waals surface area contributed by atoms with Crippen molar-refractivity contribution in [2.24, 2.45) is 7.05 Å². The van der Waals surface area contributed by atoms with Gasteiger partial charge in [0.05, 0.1) is 5.02 Å². The third kappa shape index (κ3) is 2.11. The van der Waals surface area contributed by atoms with E-state index in [2.05, 4.69) is 0 Å². The molecule has 0 aliphatic heterocycles. The first-order valence-electron chi connectivity index (χ1n) is 6.12. The van der Waals surface area contributed by atoms with Crippen molar-refractivity contribution in [2.75, 3.05) is 0 Å². The van der Waals surface area contributed by atoms with E-state index in [0.717, 1.165) is 10.9 Å². The van der Waals surface area contributed by atoms with Gasteiger partial charge in [0.15, 0.2) is 5.78 Å². The molecule has 0 aliphatic rings. The van der Waals surface area contributed by atoms with Crippen LogP contribution in [-0.4, -0.2) is 10.4 Å². The first-order chi connectivity index (χ1) is 9.58. The highest BCUT2D eigenvalue weighted by atomic mass is 35.5. The highest BCUT2D eigenvalue weighted by molar-refractivity contribution is 6.35. The Labute approximate surface area is 126 Å². The van der Waals surface area contributed by atoms with Crippen molar-refractivity contribution in [2.45, 2.75) is 0 Å². The van der Waals surface area contributed by atoms with E-state index in [-0.39, 0.29) is 5.78 Å². The number of halogens is 2. The van der Waals surface area contributed by atoms with E-state index in [4.69, 9.17) is 23.2 Å². The Balaban J connectivity index is 2.21. The summed E-state index contributed by atoms with van der Waals surface area (Å²) in [6.45, 7) is 0. The van der Waals surface area contributed by atoms with Crippen LogP contribution in [0.25, 0.3) is 10.9 Å². The Morgan fingerprint density at radius 1 is 1.05 bits per heavy atom. The molecule has 1 aromatic heterocycles. The van der Waals surface area contributed by atoms with Crippen molar-refractivity contribution in [1.29, 1.82) is 0 Å². The van der Waals surface area contributed by atoms with Gasteiger partial charge in [0, 0.05) is 40.3 Å². The zero-order valence-electron chi connectivity index (χ0n) is 10.7. The lowest BCUT2D eigenvalue weighted by Gasteiger charge is -2.02. The maximum Gasteiger partial charge on any atom is 0.196 e. The molecule has 3 rings (SSSR count). The number of rotatable bonds is 2. The standard InChI is InChI=1S/C16H11Cl2NO/c1-19-9-13(11-7-6-10(17)8-15(11)19)16(20)12-4-2-3-5-14(12)18/h2-9H,1H3. The van der Waals surface area contributed by atoms with Crippen LogP contribution >= 0.6 is 23.2 Å². The van der Waals surface area contributed by atoms with Crippen molar-refractivity contribution < 1.29 is 4.79 Å². The van der Waals surface area contributed by atoms with Crippen molar-refractivity contribution in [3.63, 3.8) is 0 Å². The summed E-state index contributed by atoms with van der Waals surface area (Å²) in [7, 11) is 1.89. The minimum absolute atomic E-state index is 0.0801. The number of nitrogens with zero attached hydrogens (tertiary/aromatic N) is 1. The lowest BCUT2D eigenvalue weighted by atomic mass is 10.0. The Morgan fingerprint density at radius 2 is 1.80 bits per heavy atom. The van der Waals surface area contributed by atoms with Gasteiger partial charge in [-0.3, -0.25) is 4.79 Å². The third-order valence-electron chi connectivity index (χ3n) is 3.32. The number of hydrogen-bond donors (Lipinski definition) is 0. The molecular formula is C16H11Cl2NO. The maximum atomic E-state index is 12.6. The smallest absolute Gasteiger partial charge is 0.196 e. The van der Waals surface area contributed by atoms with Crippen LogP contribution in [0.15, 0.2) is 48.7 Å². The second-order valence-electron chi connectivity index (χ2n) is 4.62. The van der Waals surface area contributed by atoms with E-state index in [1.54, 1.807) is 24.3 Å². The molecule has 2 aromatic carbocycles. The topological polar surface area (TPSA) is 22.0 Å². The van der Waals surface area contributed by atoms with Crippen molar-refractivity contribution in [1.82, 2.24) is 4.57 Å². The van der Waals surface area contributed by atoms with E-state index in [1.807, 2.05) is 36.0 Å².